The van der Waals surface area contributed by atoms with Gasteiger partial charge in [-0.1, -0.05) is 88.7 Å². The zero-order valence-electron chi connectivity index (χ0n) is 20.7. The summed E-state index contributed by atoms with van der Waals surface area (Å²) >= 11 is 3.66. The quantitative estimate of drug-likeness (QED) is 0.210. The van der Waals surface area contributed by atoms with Crippen molar-refractivity contribution < 1.29 is 0 Å². The van der Waals surface area contributed by atoms with Crippen LogP contribution >= 0.6 is 15.9 Å². The number of nitriles is 1. The molecule has 0 amide bonds. The molecule has 0 bridgehead atoms. The molecule has 0 unspecified atom stereocenters. The third-order valence-corrected chi connectivity index (χ3v) is 6.77. The lowest BCUT2D eigenvalue weighted by atomic mass is 10.0. The van der Waals surface area contributed by atoms with Crippen molar-refractivity contribution in [1.29, 1.82) is 5.26 Å². The average molecular weight is 566 g/mol. The van der Waals surface area contributed by atoms with E-state index in [0.717, 1.165) is 43.4 Å². The lowest BCUT2D eigenvalue weighted by Gasteiger charge is -2.11. The smallest absolute Gasteiger partial charge is 0.164 e. The molecule has 2 heterocycles. The second kappa shape index (κ2) is 10.8. The molecule has 6 heteroatoms. The summed E-state index contributed by atoms with van der Waals surface area (Å²) in [7, 11) is 0. The Labute approximate surface area is 234 Å². The lowest BCUT2D eigenvalue weighted by Crippen LogP contribution is -2.00. The van der Waals surface area contributed by atoms with Crippen molar-refractivity contribution in [3.8, 4) is 62.5 Å². The summed E-state index contributed by atoms with van der Waals surface area (Å²) in [5, 5.41) is 9.08. The second-order valence-electron chi connectivity index (χ2n) is 8.91. The van der Waals surface area contributed by atoms with Crippen LogP contribution in [0.3, 0.4) is 0 Å². The van der Waals surface area contributed by atoms with Gasteiger partial charge in [0.25, 0.3) is 0 Å². The molecule has 184 valence electrons. The van der Waals surface area contributed by atoms with E-state index in [1.807, 2.05) is 103 Å². The van der Waals surface area contributed by atoms with Crippen LogP contribution in [0.15, 0.2) is 126 Å². The number of benzene rings is 4. The van der Waals surface area contributed by atoms with Gasteiger partial charge in [0.1, 0.15) is 0 Å². The van der Waals surface area contributed by atoms with E-state index in [-0.39, 0.29) is 0 Å². The zero-order chi connectivity index (χ0) is 26.6. The molecule has 6 aromatic rings. The number of nitrogens with zero attached hydrogens (tertiary/aromatic N) is 5. The largest absolute Gasteiger partial charge is 0.264 e. The Morgan fingerprint density at radius 1 is 0.513 bits per heavy atom. The Hall–Kier alpha value is -4.99. The Balaban J connectivity index is 1.45. The molecule has 5 nitrogen and oxygen atoms in total. The summed E-state index contributed by atoms with van der Waals surface area (Å²) in [6.45, 7) is 0. The highest BCUT2D eigenvalue weighted by atomic mass is 79.9. The fraction of sp³-hybridized carbons (Fsp3) is 0. The molecule has 4 aromatic carbocycles. The first-order valence-corrected chi connectivity index (χ1v) is 13.1. The normalized spacial score (nSPS) is 10.7. The number of hydrogen-bond donors (Lipinski definition) is 0. The number of aromatic nitrogens is 4. The Kier molecular flexibility index (Phi) is 6.73. The van der Waals surface area contributed by atoms with Gasteiger partial charge in [-0.15, -0.1) is 0 Å². The summed E-state index contributed by atoms with van der Waals surface area (Å²) < 4.78 is 0.925. The summed E-state index contributed by atoms with van der Waals surface area (Å²) in [4.78, 5) is 18.9. The van der Waals surface area contributed by atoms with Crippen LogP contribution in [0.2, 0.25) is 0 Å². The van der Waals surface area contributed by atoms with Gasteiger partial charge < -0.3 is 0 Å². The molecular weight excluding hydrogens is 546 g/mol. The fourth-order valence-electron chi connectivity index (χ4n) is 4.32. The Bertz CT molecular complexity index is 1800. The van der Waals surface area contributed by atoms with Crippen LogP contribution in [0.1, 0.15) is 5.56 Å². The summed E-state index contributed by atoms with van der Waals surface area (Å²) in [5.41, 5.74) is 7.43. The van der Waals surface area contributed by atoms with E-state index in [4.69, 9.17) is 20.2 Å². The molecule has 0 radical (unpaired) electrons. The topological polar surface area (TPSA) is 75.3 Å². The SMILES string of the molecule is N#Cc1ccc(-c2ccc(-c3nc(-c4ccccc4)nc(-c4cc(Br)cc(-c5cccnc5)c4)n3)cc2)cc1. The van der Waals surface area contributed by atoms with Gasteiger partial charge in [-0.05, 0) is 53.1 Å². The van der Waals surface area contributed by atoms with Crippen LogP contribution in [0.5, 0.6) is 0 Å². The summed E-state index contributed by atoms with van der Waals surface area (Å²) in [5.74, 6) is 1.78. The van der Waals surface area contributed by atoms with E-state index in [2.05, 4.69) is 39.1 Å². The highest BCUT2D eigenvalue weighted by Gasteiger charge is 2.14. The van der Waals surface area contributed by atoms with Gasteiger partial charge in [-0.2, -0.15) is 5.26 Å². The van der Waals surface area contributed by atoms with Gasteiger partial charge >= 0.3 is 0 Å². The second-order valence-corrected chi connectivity index (χ2v) is 9.82. The van der Waals surface area contributed by atoms with Crippen LogP contribution < -0.4 is 0 Å². The van der Waals surface area contributed by atoms with Crippen molar-refractivity contribution in [1.82, 2.24) is 19.9 Å². The van der Waals surface area contributed by atoms with Crippen LogP contribution in [0, 0.1) is 11.3 Å². The number of halogens is 1. The maximum absolute atomic E-state index is 9.08. The van der Waals surface area contributed by atoms with Crippen molar-refractivity contribution in [3.05, 3.63) is 132 Å². The molecule has 0 aliphatic heterocycles. The van der Waals surface area contributed by atoms with E-state index in [9.17, 15) is 0 Å². The fourth-order valence-corrected chi connectivity index (χ4v) is 4.81. The van der Waals surface area contributed by atoms with Crippen molar-refractivity contribution >= 4 is 15.9 Å². The molecule has 2 aromatic heterocycles. The van der Waals surface area contributed by atoms with Crippen molar-refractivity contribution in [3.63, 3.8) is 0 Å². The van der Waals surface area contributed by atoms with Crippen LogP contribution in [0.25, 0.3) is 56.4 Å². The zero-order valence-corrected chi connectivity index (χ0v) is 22.2. The van der Waals surface area contributed by atoms with Gasteiger partial charge in [0.05, 0.1) is 11.6 Å². The maximum Gasteiger partial charge on any atom is 0.164 e. The molecule has 0 saturated carbocycles. The first-order valence-electron chi connectivity index (χ1n) is 12.3. The third-order valence-electron chi connectivity index (χ3n) is 6.31. The van der Waals surface area contributed by atoms with E-state index in [1.54, 1.807) is 6.20 Å². The third kappa shape index (κ3) is 5.35. The van der Waals surface area contributed by atoms with Gasteiger partial charge in [0.15, 0.2) is 17.5 Å². The van der Waals surface area contributed by atoms with Gasteiger partial charge in [0.2, 0.25) is 0 Å². The molecule has 0 aliphatic rings. The molecule has 0 fully saturated rings. The molecule has 0 atom stereocenters. The Morgan fingerprint density at radius 3 is 1.67 bits per heavy atom. The first kappa shape index (κ1) is 24.4. The highest BCUT2D eigenvalue weighted by molar-refractivity contribution is 9.10. The summed E-state index contributed by atoms with van der Waals surface area (Å²) in [6.07, 6.45) is 3.61. The first-order chi connectivity index (χ1) is 19.2. The predicted octanol–water partition coefficient (Wildman–Crippen LogP) is 8.24. The van der Waals surface area contributed by atoms with E-state index in [0.29, 0.717) is 23.0 Å². The highest BCUT2D eigenvalue weighted by Crippen LogP contribution is 2.31. The van der Waals surface area contributed by atoms with Gasteiger partial charge in [-0.3, -0.25) is 4.98 Å². The molecule has 0 spiro atoms. The van der Waals surface area contributed by atoms with Gasteiger partial charge in [0, 0.05) is 39.1 Å². The van der Waals surface area contributed by atoms with Crippen LogP contribution in [-0.4, -0.2) is 19.9 Å². The molecule has 0 aliphatic carbocycles. The standard InChI is InChI=1S/C33H20BrN5/c34-30-18-28(27-7-4-16-36-21-27)17-29(19-30)33-38-31(25-5-2-1-3-6-25)37-32(39-33)26-14-12-24(13-15-26)23-10-8-22(20-35)9-11-23/h1-19,21H. The molecular formula is C33H20BrN5. The van der Waals surface area contributed by atoms with E-state index in [1.165, 1.54) is 0 Å². The van der Waals surface area contributed by atoms with Crippen LogP contribution in [-0.2, 0) is 0 Å². The van der Waals surface area contributed by atoms with Crippen molar-refractivity contribution in [2.75, 3.05) is 0 Å². The van der Waals surface area contributed by atoms with E-state index >= 15 is 0 Å². The van der Waals surface area contributed by atoms with Crippen LogP contribution in [0.4, 0.5) is 0 Å². The van der Waals surface area contributed by atoms with Crippen molar-refractivity contribution in [2.24, 2.45) is 0 Å². The minimum Gasteiger partial charge on any atom is -0.264 e. The summed E-state index contributed by atoms with van der Waals surface area (Å²) in [6, 6.07) is 37.9. The number of pyridine rings is 1. The van der Waals surface area contributed by atoms with E-state index < -0.39 is 0 Å². The number of hydrogen-bond acceptors (Lipinski definition) is 5. The molecule has 6 rings (SSSR count). The van der Waals surface area contributed by atoms with Gasteiger partial charge in [-0.25, -0.2) is 15.0 Å². The number of rotatable bonds is 5. The van der Waals surface area contributed by atoms with Crippen molar-refractivity contribution in [2.45, 2.75) is 0 Å². The monoisotopic (exact) mass is 565 g/mol. The predicted molar refractivity (Wildman–Crippen MR) is 157 cm³/mol. The molecule has 39 heavy (non-hydrogen) atoms. The Morgan fingerprint density at radius 2 is 1.05 bits per heavy atom. The molecule has 0 N–H and O–H groups in total. The minimum atomic E-state index is 0.585. The minimum absolute atomic E-state index is 0.585. The molecule has 0 saturated heterocycles. The maximum atomic E-state index is 9.08. The average Bonchev–Trinajstić information content (AvgIpc) is 3.01. The lowest BCUT2D eigenvalue weighted by molar-refractivity contribution is 1.07.